The minimum Gasteiger partial charge on any atom is -0.497 e. The number of ether oxygens (including phenoxy) is 2. The minimum atomic E-state index is -0.283. The summed E-state index contributed by atoms with van der Waals surface area (Å²) in [5.74, 6) is 1.03. The van der Waals surface area contributed by atoms with Gasteiger partial charge in [0.25, 0.3) is 0 Å². The fourth-order valence-electron chi connectivity index (χ4n) is 5.71. The highest BCUT2D eigenvalue weighted by atomic mass is 16.5. The Bertz CT molecular complexity index is 1160. The molecule has 6 rings (SSSR count). The molecule has 2 fully saturated rings. The van der Waals surface area contributed by atoms with Gasteiger partial charge in [0.1, 0.15) is 11.3 Å². The second-order valence-corrected chi connectivity index (χ2v) is 9.40. The molecule has 0 saturated carbocycles. The van der Waals surface area contributed by atoms with Crippen LogP contribution in [-0.4, -0.2) is 57.6 Å². The first kappa shape index (κ1) is 20.4. The maximum absolute atomic E-state index is 12.7. The number of nitrogens with one attached hydrogen (secondary N) is 1. The molecule has 1 aromatic carbocycles. The van der Waals surface area contributed by atoms with Gasteiger partial charge in [-0.3, -0.25) is 9.48 Å². The Hall–Kier alpha value is -3.26. The van der Waals surface area contributed by atoms with Gasteiger partial charge in [0.2, 0.25) is 5.91 Å². The normalized spacial score (nSPS) is 22.8. The van der Waals surface area contributed by atoms with Gasteiger partial charge in [-0.05, 0) is 43.2 Å². The summed E-state index contributed by atoms with van der Waals surface area (Å²) >= 11 is 0. The molecule has 0 bridgehead atoms. The number of piperidine rings is 1. The maximum atomic E-state index is 12.7. The third kappa shape index (κ3) is 3.40. The van der Waals surface area contributed by atoms with Gasteiger partial charge >= 0.3 is 0 Å². The predicted molar refractivity (Wildman–Crippen MR) is 124 cm³/mol. The largest absolute Gasteiger partial charge is 0.497 e. The fourth-order valence-corrected chi connectivity index (χ4v) is 5.71. The SMILES string of the molecule is COc1ccc2c(c1)NC1(COC3(CCN(C(=O)CCn4cccn4)CC3)C1)c1cccn1-2. The predicted octanol–water partition coefficient (Wildman–Crippen LogP) is 3.18. The average molecular weight is 448 g/mol. The zero-order valence-corrected chi connectivity index (χ0v) is 18.9. The molecular weight excluding hydrogens is 418 g/mol. The lowest BCUT2D eigenvalue weighted by Crippen LogP contribution is -2.48. The lowest BCUT2D eigenvalue weighted by Gasteiger charge is -2.41. The third-order valence-electron chi connectivity index (χ3n) is 7.47. The van der Waals surface area contributed by atoms with Crippen LogP contribution >= 0.6 is 0 Å². The summed E-state index contributed by atoms with van der Waals surface area (Å²) in [6, 6.07) is 12.3. The van der Waals surface area contributed by atoms with Crippen molar-refractivity contribution < 1.29 is 14.3 Å². The van der Waals surface area contributed by atoms with E-state index >= 15 is 0 Å². The molecular formula is C25H29N5O3. The van der Waals surface area contributed by atoms with Crippen molar-refractivity contribution in [2.75, 3.05) is 32.1 Å². The molecule has 1 N–H and O–H groups in total. The zero-order valence-electron chi connectivity index (χ0n) is 18.9. The summed E-state index contributed by atoms with van der Waals surface area (Å²) in [5.41, 5.74) is 2.92. The molecule has 5 heterocycles. The molecule has 3 aliphatic rings. The van der Waals surface area contributed by atoms with Crippen molar-refractivity contribution >= 4 is 11.6 Å². The van der Waals surface area contributed by atoms with E-state index in [1.807, 2.05) is 27.9 Å². The number of methoxy groups -OCH3 is 1. The Morgan fingerprint density at radius 3 is 2.88 bits per heavy atom. The van der Waals surface area contributed by atoms with E-state index in [-0.39, 0.29) is 17.0 Å². The summed E-state index contributed by atoms with van der Waals surface area (Å²) < 4.78 is 16.1. The number of aryl methyl sites for hydroxylation is 1. The highest BCUT2D eigenvalue weighted by Gasteiger charge is 2.54. The van der Waals surface area contributed by atoms with Crippen LogP contribution in [0.3, 0.4) is 0 Å². The second-order valence-electron chi connectivity index (χ2n) is 9.40. The maximum Gasteiger partial charge on any atom is 0.224 e. The monoisotopic (exact) mass is 447 g/mol. The molecule has 2 spiro atoms. The van der Waals surface area contributed by atoms with Crippen molar-refractivity contribution in [1.29, 1.82) is 0 Å². The van der Waals surface area contributed by atoms with Crippen molar-refractivity contribution in [3.8, 4) is 11.4 Å². The highest BCUT2D eigenvalue weighted by molar-refractivity contribution is 5.76. The number of rotatable bonds is 4. The van der Waals surface area contributed by atoms with Crippen LogP contribution in [0.1, 0.15) is 31.4 Å². The number of anilines is 1. The van der Waals surface area contributed by atoms with E-state index in [4.69, 9.17) is 9.47 Å². The van der Waals surface area contributed by atoms with Crippen molar-refractivity contribution in [2.24, 2.45) is 0 Å². The van der Waals surface area contributed by atoms with Crippen LogP contribution in [0.15, 0.2) is 55.0 Å². The minimum absolute atomic E-state index is 0.193. The van der Waals surface area contributed by atoms with E-state index in [0.717, 1.165) is 49.5 Å². The fraction of sp³-hybridized carbons (Fsp3) is 0.440. The lowest BCUT2D eigenvalue weighted by atomic mass is 9.79. The van der Waals surface area contributed by atoms with Crippen LogP contribution in [-0.2, 0) is 21.6 Å². The summed E-state index contributed by atoms with van der Waals surface area (Å²) in [6.45, 7) is 2.71. The van der Waals surface area contributed by atoms with Crippen LogP contribution in [0.25, 0.3) is 5.69 Å². The number of carbonyl (C=O) groups is 1. The van der Waals surface area contributed by atoms with E-state index in [0.29, 0.717) is 19.6 Å². The van der Waals surface area contributed by atoms with Crippen LogP contribution < -0.4 is 10.1 Å². The molecule has 1 atom stereocenters. The first-order valence-corrected chi connectivity index (χ1v) is 11.6. The Morgan fingerprint density at radius 2 is 2.09 bits per heavy atom. The summed E-state index contributed by atoms with van der Waals surface area (Å²) in [5, 5.41) is 8.00. The number of carbonyl (C=O) groups excluding carboxylic acids is 1. The summed E-state index contributed by atoms with van der Waals surface area (Å²) in [6.07, 6.45) is 8.83. The van der Waals surface area contributed by atoms with E-state index < -0.39 is 0 Å². The molecule has 2 aromatic heterocycles. The Labute approximate surface area is 193 Å². The number of aromatic nitrogens is 3. The number of likely N-dealkylation sites (tertiary alicyclic amines) is 1. The molecule has 2 saturated heterocycles. The second kappa shape index (κ2) is 7.66. The average Bonchev–Trinajstić information content (AvgIpc) is 3.60. The standard InChI is InChI=1S/C25H29N5O3/c1-32-19-5-6-21-20(16-19)27-25(22-4-2-12-30(21)22)17-24(33-18-25)8-14-28(15-9-24)23(31)7-13-29-11-3-10-26-29/h2-6,10-12,16,27H,7-9,13-15,17-18H2,1H3. The number of hydrogen-bond donors (Lipinski definition) is 1. The molecule has 8 heteroatoms. The number of nitrogens with zero attached hydrogens (tertiary/aromatic N) is 4. The van der Waals surface area contributed by atoms with Gasteiger partial charge in [0, 0.05) is 57.1 Å². The van der Waals surface area contributed by atoms with Crippen LogP contribution in [0.4, 0.5) is 5.69 Å². The Kier molecular flexibility index (Phi) is 4.72. The first-order chi connectivity index (χ1) is 16.1. The molecule has 1 amide bonds. The van der Waals surface area contributed by atoms with Crippen LogP contribution in [0.2, 0.25) is 0 Å². The number of hydrogen-bond acceptors (Lipinski definition) is 5. The van der Waals surface area contributed by atoms with Crippen molar-refractivity contribution in [2.45, 2.75) is 43.4 Å². The molecule has 8 nitrogen and oxygen atoms in total. The van der Waals surface area contributed by atoms with E-state index in [9.17, 15) is 4.79 Å². The molecule has 0 aliphatic carbocycles. The molecule has 0 radical (unpaired) electrons. The molecule has 33 heavy (non-hydrogen) atoms. The topological polar surface area (TPSA) is 73.6 Å². The summed E-state index contributed by atoms with van der Waals surface area (Å²) in [4.78, 5) is 14.7. The van der Waals surface area contributed by atoms with Gasteiger partial charge in [-0.15, -0.1) is 0 Å². The molecule has 1 unspecified atom stereocenters. The Balaban J connectivity index is 1.17. The van der Waals surface area contributed by atoms with E-state index in [1.165, 1.54) is 5.69 Å². The van der Waals surface area contributed by atoms with Gasteiger partial charge in [-0.25, -0.2) is 0 Å². The van der Waals surface area contributed by atoms with Gasteiger partial charge in [0.15, 0.2) is 0 Å². The first-order valence-electron chi connectivity index (χ1n) is 11.6. The third-order valence-corrected chi connectivity index (χ3v) is 7.47. The number of benzene rings is 1. The van der Waals surface area contributed by atoms with Gasteiger partial charge in [-0.1, -0.05) is 0 Å². The highest BCUT2D eigenvalue weighted by Crippen LogP contribution is 2.50. The molecule has 3 aliphatic heterocycles. The van der Waals surface area contributed by atoms with Gasteiger partial charge in [-0.2, -0.15) is 5.10 Å². The smallest absolute Gasteiger partial charge is 0.224 e. The lowest BCUT2D eigenvalue weighted by molar-refractivity contribution is -0.136. The van der Waals surface area contributed by atoms with Gasteiger partial charge in [0.05, 0.1) is 36.4 Å². The van der Waals surface area contributed by atoms with Crippen molar-refractivity contribution in [3.05, 3.63) is 60.7 Å². The van der Waals surface area contributed by atoms with E-state index in [2.05, 4.69) is 45.4 Å². The summed E-state index contributed by atoms with van der Waals surface area (Å²) in [7, 11) is 1.69. The van der Waals surface area contributed by atoms with Crippen molar-refractivity contribution in [1.82, 2.24) is 19.2 Å². The number of fused-ring (bicyclic) bond motifs is 4. The van der Waals surface area contributed by atoms with E-state index in [1.54, 1.807) is 13.3 Å². The molecule has 172 valence electrons. The Morgan fingerprint density at radius 1 is 1.21 bits per heavy atom. The quantitative estimate of drug-likeness (QED) is 0.665. The zero-order chi connectivity index (χ0) is 22.5. The van der Waals surface area contributed by atoms with Crippen LogP contribution in [0, 0.1) is 0 Å². The molecule has 3 aromatic rings. The van der Waals surface area contributed by atoms with Crippen molar-refractivity contribution in [3.63, 3.8) is 0 Å². The number of amides is 1. The van der Waals surface area contributed by atoms with Crippen LogP contribution in [0.5, 0.6) is 5.75 Å². The van der Waals surface area contributed by atoms with Gasteiger partial charge < -0.3 is 24.3 Å².